The molecule has 2 amide bonds. The minimum atomic E-state index is 0. The van der Waals surface area contributed by atoms with Gasteiger partial charge in [-0.3, -0.25) is 9.59 Å². The molecule has 0 radical (unpaired) electrons. The molecule has 41 heavy (non-hydrogen) atoms. The maximum Gasteiger partial charge on any atom is 0.223 e. The van der Waals surface area contributed by atoms with Crippen molar-refractivity contribution < 1.29 is 14.8 Å². The van der Waals surface area contributed by atoms with Gasteiger partial charge in [0.2, 0.25) is 11.8 Å². The van der Waals surface area contributed by atoms with E-state index in [4.69, 9.17) is 0 Å². The SMILES string of the molecule is C.C.CCCC1CC(=O)N(Cc2c[nH]c3ncccc23)C1.CCCC1CC(=O)N(Cc2cnc3n(O)cccc2-3)C1. The average molecular weight is 563 g/mol. The highest BCUT2D eigenvalue weighted by molar-refractivity contribution is 5.82. The van der Waals surface area contributed by atoms with Crippen molar-refractivity contribution in [1.29, 1.82) is 0 Å². The Morgan fingerprint density at radius 2 is 1.54 bits per heavy atom. The van der Waals surface area contributed by atoms with Gasteiger partial charge in [-0.2, -0.15) is 4.73 Å². The van der Waals surface area contributed by atoms with E-state index >= 15 is 0 Å². The van der Waals surface area contributed by atoms with E-state index in [9.17, 15) is 14.8 Å². The first-order valence-electron chi connectivity index (χ1n) is 14.1. The summed E-state index contributed by atoms with van der Waals surface area (Å²) < 4.78 is 1.02. The lowest BCUT2D eigenvalue weighted by molar-refractivity contribution is -0.129. The Kier molecular flexibility index (Phi) is 10.9. The van der Waals surface area contributed by atoms with Crippen LogP contribution in [0.5, 0.6) is 0 Å². The van der Waals surface area contributed by atoms with Crippen LogP contribution < -0.4 is 0 Å². The van der Waals surface area contributed by atoms with E-state index in [0.717, 1.165) is 71.2 Å². The van der Waals surface area contributed by atoms with Crippen LogP contribution in [0.4, 0.5) is 0 Å². The van der Waals surface area contributed by atoms with Crippen LogP contribution in [0, 0.1) is 11.8 Å². The van der Waals surface area contributed by atoms with E-state index in [2.05, 4.69) is 34.9 Å². The van der Waals surface area contributed by atoms with Gasteiger partial charge in [0.15, 0.2) is 5.82 Å². The molecule has 0 bridgehead atoms. The molecule has 0 spiro atoms. The average Bonchev–Trinajstić information content (AvgIpc) is 3.69. The number of carbonyl (C=O) groups excluding carboxylic acids is 2. The zero-order chi connectivity index (χ0) is 27.4. The topological polar surface area (TPSA) is 107 Å². The molecule has 2 saturated heterocycles. The van der Waals surface area contributed by atoms with Crippen LogP contribution in [0.3, 0.4) is 0 Å². The summed E-state index contributed by atoms with van der Waals surface area (Å²) in [5, 5.41) is 10.8. The number of nitrogens with zero attached hydrogens (tertiary/aromatic N) is 5. The van der Waals surface area contributed by atoms with Crippen LogP contribution in [0.1, 0.15) is 78.4 Å². The normalized spacial score (nSPS) is 18.4. The van der Waals surface area contributed by atoms with Crippen molar-refractivity contribution in [3.63, 3.8) is 0 Å². The largest absolute Gasteiger partial charge is 0.427 e. The highest BCUT2D eigenvalue weighted by Crippen LogP contribution is 2.29. The second-order valence-electron chi connectivity index (χ2n) is 10.9. The van der Waals surface area contributed by atoms with Gasteiger partial charge in [0, 0.05) is 80.3 Å². The first-order valence-corrected chi connectivity index (χ1v) is 14.1. The van der Waals surface area contributed by atoms with Crippen LogP contribution >= 0.6 is 0 Å². The van der Waals surface area contributed by atoms with E-state index in [1.54, 1.807) is 24.7 Å². The Labute approximate surface area is 243 Å². The number of pyridine rings is 2. The van der Waals surface area contributed by atoms with Crippen molar-refractivity contribution in [2.45, 2.75) is 80.3 Å². The zero-order valence-corrected chi connectivity index (χ0v) is 22.8. The lowest BCUT2D eigenvalue weighted by Crippen LogP contribution is -2.24. The summed E-state index contributed by atoms with van der Waals surface area (Å²) in [5.41, 5.74) is 3.96. The third-order valence-electron chi connectivity index (χ3n) is 7.88. The minimum Gasteiger partial charge on any atom is -0.427 e. The predicted octanol–water partition coefficient (Wildman–Crippen LogP) is 6.36. The maximum absolute atomic E-state index is 12.0. The summed E-state index contributed by atoms with van der Waals surface area (Å²) in [7, 11) is 0. The van der Waals surface area contributed by atoms with Crippen LogP contribution in [0.2, 0.25) is 0 Å². The van der Waals surface area contributed by atoms with E-state index < -0.39 is 0 Å². The van der Waals surface area contributed by atoms with Crippen LogP contribution in [0.15, 0.2) is 49.1 Å². The van der Waals surface area contributed by atoms with Crippen LogP contribution in [-0.4, -0.2) is 59.6 Å². The van der Waals surface area contributed by atoms with E-state index in [1.807, 2.05) is 28.1 Å². The second kappa shape index (κ2) is 14.1. The number of fused-ring (bicyclic) bond motifs is 2. The van der Waals surface area contributed by atoms with E-state index in [0.29, 0.717) is 43.6 Å². The summed E-state index contributed by atoms with van der Waals surface area (Å²) in [6.07, 6.45) is 13.0. The molecular weight excluding hydrogens is 516 g/mol. The fourth-order valence-electron chi connectivity index (χ4n) is 5.97. The molecule has 6 rings (SSSR count). The second-order valence-corrected chi connectivity index (χ2v) is 10.9. The number of amides is 2. The molecule has 2 unspecified atom stereocenters. The first kappa shape index (κ1) is 31.6. The third-order valence-corrected chi connectivity index (χ3v) is 7.88. The Hall–Kier alpha value is -3.88. The van der Waals surface area contributed by atoms with Gasteiger partial charge >= 0.3 is 0 Å². The molecule has 2 N–H and O–H groups in total. The standard InChI is InChI=1S/C15H19N3O2.C15H19N3O.2CH4/c1-2-4-11-7-14(19)17(9-11)10-12-8-16-15-13(12)5-3-6-18(15)20;1-2-4-11-7-14(19)18(9-11)10-12-8-17-15-13(12)5-3-6-16-15;;/h3,5-6,8,11,20H,2,4,7,9-10H2,1H3;3,5-6,8,11H,2,4,7,9-10H2,1H3,(H,16,17);2*1H4. The highest BCUT2D eigenvalue weighted by atomic mass is 16.5. The number of H-pyrrole nitrogens is 1. The zero-order valence-electron chi connectivity index (χ0n) is 22.8. The maximum atomic E-state index is 12.0. The highest BCUT2D eigenvalue weighted by Gasteiger charge is 2.30. The van der Waals surface area contributed by atoms with Gasteiger partial charge in [0.1, 0.15) is 5.65 Å². The minimum absolute atomic E-state index is 0. The fraction of sp³-hybridized carbons (Fsp3) is 0.500. The van der Waals surface area contributed by atoms with Crippen molar-refractivity contribution >= 4 is 22.8 Å². The van der Waals surface area contributed by atoms with Gasteiger partial charge in [0.05, 0.1) is 0 Å². The summed E-state index contributed by atoms with van der Waals surface area (Å²) in [6, 6.07) is 7.69. The van der Waals surface area contributed by atoms with Gasteiger partial charge in [-0.25, -0.2) is 9.97 Å². The van der Waals surface area contributed by atoms with Crippen molar-refractivity contribution in [3.05, 3.63) is 60.2 Å². The van der Waals surface area contributed by atoms with Crippen molar-refractivity contribution in [2.75, 3.05) is 13.1 Å². The number of aromatic amines is 1. The molecule has 0 saturated carbocycles. The quantitative estimate of drug-likeness (QED) is 0.243. The molecule has 2 fully saturated rings. The van der Waals surface area contributed by atoms with Gasteiger partial charge in [0.25, 0.3) is 0 Å². The molecule has 0 aromatic carbocycles. The Morgan fingerprint density at radius 1 is 0.902 bits per heavy atom. The van der Waals surface area contributed by atoms with Crippen LogP contribution in [0.25, 0.3) is 22.4 Å². The molecule has 4 aliphatic heterocycles. The Morgan fingerprint density at radius 3 is 2.17 bits per heavy atom. The smallest absolute Gasteiger partial charge is 0.223 e. The molecule has 222 valence electrons. The molecule has 9 nitrogen and oxygen atoms in total. The number of likely N-dealkylation sites (tertiary alicyclic amines) is 2. The third kappa shape index (κ3) is 7.07. The molecular formula is C32H46N6O3. The summed E-state index contributed by atoms with van der Waals surface area (Å²) >= 11 is 0. The summed E-state index contributed by atoms with van der Waals surface area (Å²) in [6.45, 7) is 7.36. The van der Waals surface area contributed by atoms with Gasteiger partial charge in [-0.1, -0.05) is 41.5 Å². The van der Waals surface area contributed by atoms with Crippen LogP contribution in [-0.2, 0) is 22.7 Å². The van der Waals surface area contributed by atoms with Crippen molar-refractivity contribution in [3.8, 4) is 11.4 Å². The van der Waals surface area contributed by atoms with Crippen molar-refractivity contribution in [2.24, 2.45) is 11.8 Å². The van der Waals surface area contributed by atoms with Crippen molar-refractivity contribution in [1.82, 2.24) is 29.5 Å². The number of aromatic nitrogens is 4. The molecule has 2 aromatic rings. The monoisotopic (exact) mass is 562 g/mol. The molecule has 2 atom stereocenters. The first-order chi connectivity index (χ1) is 19.0. The fourth-order valence-corrected chi connectivity index (χ4v) is 5.97. The van der Waals surface area contributed by atoms with Gasteiger partial charge in [-0.15, -0.1) is 0 Å². The van der Waals surface area contributed by atoms with E-state index in [-0.39, 0.29) is 26.7 Å². The Bertz CT molecular complexity index is 1390. The molecule has 0 aliphatic carbocycles. The molecule has 9 heteroatoms. The summed E-state index contributed by atoms with van der Waals surface area (Å²) in [4.78, 5) is 39.6. The Balaban J connectivity index is 0.000000215. The molecule has 2 aromatic heterocycles. The lowest BCUT2D eigenvalue weighted by Gasteiger charge is -2.16. The predicted molar refractivity (Wildman–Crippen MR) is 162 cm³/mol. The number of nitrogens with one attached hydrogen (secondary N) is 1. The number of rotatable bonds is 8. The lowest BCUT2D eigenvalue weighted by atomic mass is 10.0. The number of hydrogen-bond acceptors (Lipinski definition) is 5. The van der Waals surface area contributed by atoms with E-state index in [1.165, 1.54) is 0 Å². The van der Waals surface area contributed by atoms with Gasteiger partial charge < -0.3 is 20.0 Å². The van der Waals surface area contributed by atoms with Gasteiger partial charge in [-0.05, 0) is 54.5 Å². The summed E-state index contributed by atoms with van der Waals surface area (Å²) in [5.74, 6) is 2.09. The molecule has 4 aliphatic rings. The molecule has 6 heterocycles. The number of carbonyl (C=O) groups is 2. The number of hydrogen-bond donors (Lipinski definition) is 2.